The lowest BCUT2D eigenvalue weighted by Gasteiger charge is -2.39. The maximum Gasteiger partial charge on any atom is 0.410 e. The molecule has 3 atom stereocenters. The molecule has 138 valence electrons. The standard InChI is InChI=1S/C17H30N2O5/c1-16(2,3)23-14(21)18-9-11-12(10-18)19(8-7-13(11)20)15(22)24-17(4,5)6/h11-13,20H,7-10H2,1-6H3. The Labute approximate surface area is 143 Å². The summed E-state index contributed by atoms with van der Waals surface area (Å²) in [4.78, 5) is 28.0. The second-order valence-corrected chi connectivity index (χ2v) is 8.65. The summed E-state index contributed by atoms with van der Waals surface area (Å²) in [6, 6.07) is -0.240. The molecule has 0 aromatic carbocycles. The number of amides is 2. The number of ether oxygens (including phenoxy) is 2. The Morgan fingerprint density at radius 2 is 1.50 bits per heavy atom. The lowest BCUT2D eigenvalue weighted by atomic mass is 9.89. The van der Waals surface area contributed by atoms with Crippen molar-refractivity contribution in [1.82, 2.24) is 9.80 Å². The van der Waals surface area contributed by atoms with Gasteiger partial charge in [-0.1, -0.05) is 0 Å². The van der Waals surface area contributed by atoms with E-state index in [-0.39, 0.29) is 12.0 Å². The minimum absolute atomic E-state index is 0.168. The lowest BCUT2D eigenvalue weighted by molar-refractivity contribution is -0.0219. The van der Waals surface area contributed by atoms with E-state index >= 15 is 0 Å². The fourth-order valence-electron chi connectivity index (χ4n) is 3.19. The number of carbonyl (C=O) groups excluding carboxylic acids is 2. The fourth-order valence-corrected chi connectivity index (χ4v) is 3.19. The van der Waals surface area contributed by atoms with E-state index in [2.05, 4.69) is 0 Å². The number of carbonyl (C=O) groups is 2. The Kier molecular flexibility index (Phi) is 5.04. The van der Waals surface area contributed by atoms with E-state index in [1.165, 1.54) is 0 Å². The average molecular weight is 342 g/mol. The van der Waals surface area contributed by atoms with Gasteiger partial charge in [0.1, 0.15) is 11.2 Å². The summed E-state index contributed by atoms with van der Waals surface area (Å²) in [6.07, 6.45) is -0.840. The van der Waals surface area contributed by atoms with Crippen LogP contribution in [0, 0.1) is 5.92 Å². The van der Waals surface area contributed by atoms with Crippen LogP contribution >= 0.6 is 0 Å². The highest BCUT2D eigenvalue weighted by atomic mass is 16.6. The molecule has 2 fully saturated rings. The molecule has 7 nitrogen and oxygen atoms in total. The number of rotatable bonds is 0. The van der Waals surface area contributed by atoms with Crippen LogP contribution in [-0.2, 0) is 9.47 Å². The fraction of sp³-hybridized carbons (Fsp3) is 0.882. The van der Waals surface area contributed by atoms with Gasteiger partial charge in [-0.05, 0) is 48.0 Å². The minimum Gasteiger partial charge on any atom is -0.444 e. The normalized spacial score (nSPS) is 27.7. The van der Waals surface area contributed by atoms with Crippen molar-refractivity contribution in [3.05, 3.63) is 0 Å². The van der Waals surface area contributed by atoms with E-state index in [1.54, 1.807) is 9.80 Å². The van der Waals surface area contributed by atoms with Gasteiger partial charge in [0.15, 0.2) is 0 Å². The molecular formula is C17H30N2O5. The van der Waals surface area contributed by atoms with Crippen molar-refractivity contribution in [2.45, 2.75) is 71.3 Å². The molecule has 0 radical (unpaired) electrons. The van der Waals surface area contributed by atoms with Gasteiger partial charge >= 0.3 is 12.2 Å². The topological polar surface area (TPSA) is 79.3 Å². The Morgan fingerprint density at radius 3 is 2.04 bits per heavy atom. The highest BCUT2D eigenvalue weighted by Crippen LogP contribution is 2.32. The summed E-state index contributed by atoms with van der Waals surface area (Å²) < 4.78 is 10.9. The van der Waals surface area contributed by atoms with Crippen molar-refractivity contribution < 1.29 is 24.2 Å². The van der Waals surface area contributed by atoms with Crippen molar-refractivity contribution in [2.24, 2.45) is 5.92 Å². The van der Waals surface area contributed by atoms with Crippen molar-refractivity contribution in [3.8, 4) is 0 Å². The molecule has 0 saturated carbocycles. The van der Waals surface area contributed by atoms with E-state index in [9.17, 15) is 14.7 Å². The van der Waals surface area contributed by atoms with Gasteiger partial charge in [-0.25, -0.2) is 9.59 Å². The van der Waals surface area contributed by atoms with Crippen LogP contribution in [0.15, 0.2) is 0 Å². The van der Waals surface area contributed by atoms with Crippen molar-refractivity contribution in [1.29, 1.82) is 0 Å². The second kappa shape index (κ2) is 6.43. The minimum atomic E-state index is -0.577. The molecule has 2 heterocycles. The van der Waals surface area contributed by atoms with Gasteiger partial charge < -0.3 is 24.4 Å². The molecule has 2 saturated heterocycles. The first-order chi connectivity index (χ1) is 10.9. The smallest absolute Gasteiger partial charge is 0.410 e. The quantitative estimate of drug-likeness (QED) is 0.730. The van der Waals surface area contributed by atoms with Crippen LogP contribution in [0.3, 0.4) is 0 Å². The molecule has 24 heavy (non-hydrogen) atoms. The molecule has 0 spiro atoms. The molecule has 2 aliphatic rings. The van der Waals surface area contributed by atoms with Gasteiger partial charge in [-0.2, -0.15) is 0 Å². The largest absolute Gasteiger partial charge is 0.444 e. The number of likely N-dealkylation sites (tertiary alicyclic amines) is 2. The third-order valence-corrected chi connectivity index (χ3v) is 4.17. The summed E-state index contributed by atoms with van der Waals surface area (Å²) in [5, 5.41) is 10.3. The summed E-state index contributed by atoms with van der Waals surface area (Å²) >= 11 is 0. The van der Waals surface area contributed by atoms with Gasteiger partial charge in [-0.15, -0.1) is 0 Å². The van der Waals surface area contributed by atoms with E-state index in [0.717, 1.165) is 0 Å². The molecular weight excluding hydrogens is 312 g/mol. The predicted octanol–water partition coefficient (Wildman–Crippen LogP) is 2.22. The van der Waals surface area contributed by atoms with Gasteiger partial charge in [0.25, 0.3) is 0 Å². The number of hydrogen-bond acceptors (Lipinski definition) is 5. The second-order valence-electron chi connectivity index (χ2n) is 8.65. The number of aliphatic hydroxyl groups is 1. The molecule has 3 unspecified atom stereocenters. The molecule has 7 heteroatoms. The van der Waals surface area contributed by atoms with E-state index < -0.39 is 29.5 Å². The molecule has 1 N–H and O–H groups in total. The van der Waals surface area contributed by atoms with Gasteiger partial charge in [0.05, 0.1) is 12.1 Å². The summed E-state index contributed by atoms with van der Waals surface area (Å²) in [5.74, 6) is -0.168. The summed E-state index contributed by atoms with van der Waals surface area (Å²) in [5.41, 5.74) is -1.15. The molecule has 2 rings (SSSR count). The highest BCUT2D eigenvalue weighted by molar-refractivity contribution is 5.71. The van der Waals surface area contributed by atoms with Crippen LogP contribution in [0.2, 0.25) is 0 Å². The SMILES string of the molecule is CC(C)(C)OC(=O)N1CC2C(O)CCN(C(=O)OC(C)(C)C)C2C1. The third kappa shape index (κ3) is 4.53. The lowest BCUT2D eigenvalue weighted by Crippen LogP contribution is -2.54. The summed E-state index contributed by atoms with van der Waals surface area (Å²) in [7, 11) is 0. The summed E-state index contributed by atoms with van der Waals surface area (Å²) in [6.45, 7) is 12.1. The van der Waals surface area contributed by atoms with E-state index in [4.69, 9.17) is 9.47 Å². The molecule has 0 aliphatic carbocycles. The third-order valence-electron chi connectivity index (χ3n) is 4.17. The highest BCUT2D eigenvalue weighted by Gasteiger charge is 2.48. The number of aliphatic hydroxyl groups excluding tert-OH is 1. The monoisotopic (exact) mass is 342 g/mol. The predicted molar refractivity (Wildman–Crippen MR) is 88.6 cm³/mol. The Balaban J connectivity index is 2.09. The zero-order chi connectivity index (χ0) is 18.3. The number of nitrogens with zero attached hydrogens (tertiary/aromatic N) is 2. The number of fused-ring (bicyclic) bond motifs is 1. The van der Waals surface area contributed by atoms with Crippen molar-refractivity contribution in [2.75, 3.05) is 19.6 Å². The molecule has 2 aliphatic heterocycles. The molecule has 2 amide bonds. The first-order valence-corrected chi connectivity index (χ1v) is 8.53. The van der Waals surface area contributed by atoms with Gasteiger partial charge in [-0.3, -0.25) is 0 Å². The van der Waals surface area contributed by atoms with E-state index in [0.29, 0.717) is 26.1 Å². The molecule has 0 aromatic heterocycles. The Hall–Kier alpha value is -1.50. The number of piperidine rings is 1. The first-order valence-electron chi connectivity index (χ1n) is 8.53. The zero-order valence-electron chi connectivity index (χ0n) is 15.5. The van der Waals surface area contributed by atoms with Crippen LogP contribution in [0.1, 0.15) is 48.0 Å². The maximum absolute atomic E-state index is 12.5. The number of hydrogen-bond donors (Lipinski definition) is 1. The molecule has 0 bridgehead atoms. The average Bonchev–Trinajstić information content (AvgIpc) is 2.80. The van der Waals surface area contributed by atoms with Crippen LogP contribution < -0.4 is 0 Å². The van der Waals surface area contributed by atoms with Crippen molar-refractivity contribution in [3.63, 3.8) is 0 Å². The van der Waals surface area contributed by atoms with Crippen LogP contribution in [0.5, 0.6) is 0 Å². The van der Waals surface area contributed by atoms with Crippen LogP contribution in [0.25, 0.3) is 0 Å². The van der Waals surface area contributed by atoms with Crippen molar-refractivity contribution >= 4 is 12.2 Å². The van der Waals surface area contributed by atoms with Crippen LogP contribution in [-0.4, -0.2) is 70.1 Å². The first kappa shape index (κ1) is 18.8. The van der Waals surface area contributed by atoms with Gasteiger partial charge in [0.2, 0.25) is 0 Å². The zero-order valence-corrected chi connectivity index (χ0v) is 15.5. The van der Waals surface area contributed by atoms with Crippen LogP contribution in [0.4, 0.5) is 9.59 Å². The van der Waals surface area contributed by atoms with E-state index in [1.807, 2.05) is 41.5 Å². The maximum atomic E-state index is 12.5. The molecule has 0 aromatic rings. The Morgan fingerprint density at radius 1 is 0.958 bits per heavy atom. The van der Waals surface area contributed by atoms with Gasteiger partial charge in [0, 0.05) is 25.6 Å². The Bertz CT molecular complexity index is 494.